The van der Waals surface area contributed by atoms with Gasteiger partial charge in [-0.15, -0.1) is 0 Å². The number of carbonyl (C=O) groups excluding carboxylic acids is 4. The molecular formula is C22H34N6O8. The highest BCUT2D eigenvalue weighted by atomic mass is 16.4. The molecule has 0 aromatic heterocycles. The third-order valence-corrected chi connectivity index (χ3v) is 5.14. The number of carbonyl (C=O) groups is 5. The van der Waals surface area contributed by atoms with Crippen LogP contribution in [0.1, 0.15) is 31.2 Å². The number of phenolic OH excluding ortho intramolecular Hbond substituents is 1. The van der Waals surface area contributed by atoms with Crippen molar-refractivity contribution in [3.63, 3.8) is 0 Å². The summed E-state index contributed by atoms with van der Waals surface area (Å²) in [4.78, 5) is 60.8. The molecule has 0 radical (unpaired) electrons. The predicted octanol–water partition coefficient (Wildman–Crippen LogP) is -3.20. The van der Waals surface area contributed by atoms with E-state index in [1.807, 2.05) is 0 Å². The summed E-state index contributed by atoms with van der Waals surface area (Å²) in [5.41, 5.74) is 16.6. The molecule has 0 fully saturated rings. The second-order valence-corrected chi connectivity index (χ2v) is 8.14. The molecule has 0 aliphatic carbocycles. The van der Waals surface area contributed by atoms with Gasteiger partial charge in [-0.05, 0) is 43.5 Å². The van der Waals surface area contributed by atoms with Gasteiger partial charge in [0.25, 0.3) is 0 Å². The number of phenols is 1. The molecule has 14 heteroatoms. The van der Waals surface area contributed by atoms with Crippen molar-refractivity contribution in [2.24, 2.45) is 17.2 Å². The van der Waals surface area contributed by atoms with E-state index in [4.69, 9.17) is 22.3 Å². The number of hydrogen-bond donors (Lipinski definition) is 9. The number of unbranched alkanes of at least 4 members (excludes halogenated alkanes) is 1. The number of aliphatic hydroxyl groups excluding tert-OH is 1. The highest BCUT2D eigenvalue weighted by Gasteiger charge is 2.30. The number of primary amides is 1. The van der Waals surface area contributed by atoms with E-state index in [2.05, 4.69) is 16.0 Å². The highest BCUT2D eigenvalue weighted by Crippen LogP contribution is 2.12. The normalized spacial score (nSPS) is 14.1. The van der Waals surface area contributed by atoms with Crippen molar-refractivity contribution in [3.8, 4) is 5.75 Å². The summed E-state index contributed by atoms with van der Waals surface area (Å²) < 4.78 is 0. The Kier molecular flexibility index (Phi) is 12.9. The molecule has 200 valence electrons. The Morgan fingerprint density at radius 1 is 0.861 bits per heavy atom. The van der Waals surface area contributed by atoms with Crippen molar-refractivity contribution in [2.75, 3.05) is 13.2 Å². The first kappa shape index (κ1) is 30.3. The predicted molar refractivity (Wildman–Crippen MR) is 127 cm³/mol. The number of hydrogen-bond acceptors (Lipinski definition) is 9. The maximum absolute atomic E-state index is 13.1. The number of carboxylic acids is 1. The Hall–Kier alpha value is -3.75. The third kappa shape index (κ3) is 10.7. The Morgan fingerprint density at radius 3 is 1.94 bits per heavy atom. The smallest absolute Gasteiger partial charge is 0.326 e. The number of benzene rings is 1. The topological polar surface area (TPSA) is 260 Å². The maximum atomic E-state index is 13.1. The summed E-state index contributed by atoms with van der Waals surface area (Å²) in [6.45, 7) is -0.347. The summed E-state index contributed by atoms with van der Waals surface area (Å²) in [5.74, 6) is -4.89. The number of amides is 4. The van der Waals surface area contributed by atoms with Gasteiger partial charge in [0.15, 0.2) is 0 Å². The van der Waals surface area contributed by atoms with E-state index in [9.17, 15) is 34.2 Å². The molecule has 0 spiro atoms. The fourth-order valence-corrected chi connectivity index (χ4v) is 3.15. The molecule has 0 aliphatic heterocycles. The van der Waals surface area contributed by atoms with Crippen molar-refractivity contribution in [2.45, 2.75) is 56.3 Å². The molecule has 0 saturated carbocycles. The van der Waals surface area contributed by atoms with Gasteiger partial charge in [-0.2, -0.15) is 0 Å². The van der Waals surface area contributed by atoms with Crippen molar-refractivity contribution in [1.82, 2.24) is 16.0 Å². The lowest BCUT2D eigenvalue weighted by molar-refractivity contribution is -0.143. The molecule has 36 heavy (non-hydrogen) atoms. The third-order valence-electron chi connectivity index (χ3n) is 5.14. The molecule has 4 unspecified atom stereocenters. The summed E-state index contributed by atoms with van der Waals surface area (Å²) in [5, 5.41) is 35.0. The van der Waals surface area contributed by atoms with E-state index in [0.29, 0.717) is 24.9 Å². The first-order chi connectivity index (χ1) is 17.0. The molecular weight excluding hydrogens is 476 g/mol. The average Bonchev–Trinajstić information content (AvgIpc) is 2.82. The molecule has 1 rings (SSSR count). The first-order valence-electron chi connectivity index (χ1n) is 11.2. The minimum atomic E-state index is -1.60. The molecule has 0 aliphatic rings. The number of aliphatic hydroxyl groups is 1. The second-order valence-electron chi connectivity index (χ2n) is 8.14. The molecule has 14 nitrogen and oxygen atoms in total. The van der Waals surface area contributed by atoms with Crippen LogP contribution in [0.15, 0.2) is 24.3 Å². The zero-order chi connectivity index (χ0) is 27.3. The van der Waals surface area contributed by atoms with Crippen molar-refractivity contribution in [3.05, 3.63) is 29.8 Å². The minimum Gasteiger partial charge on any atom is -0.508 e. The zero-order valence-corrected chi connectivity index (χ0v) is 19.7. The van der Waals surface area contributed by atoms with Gasteiger partial charge in [-0.1, -0.05) is 12.1 Å². The van der Waals surface area contributed by atoms with Crippen LogP contribution < -0.4 is 33.2 Å². The van der Waals surface area contributed by atoms with Crippen LogP contribution in [-0.2, 0) is 30.4 Å². The van der Waals surface area contributed by atoms with E-state index in [0.717, 1.165) is 0 Å². The Bertz CT molecular complexity index is 910. The Morgan fingerprint density at radius 2 is 1.42 bits per heavy atom. The Balaban J connectivity index is 3.11. The van der Waals surface area contributed by atoms with Crippen LogP contribution in [0.5, 0.6) is 5.75 Å². The number of nitrogens with one attached hydrogen (secondary N) is 3. The van der Waals surface area contributed by atoms with Crippen LogP contribution in [0.2, 0.25) is 0 Å². The summed E-state index contributed by atoms with van der Waals surface area (Å²) in [7, 11) is 0. The van der Waals surface area contributed by atoms with E-state index < -0.39 is 66.8 Å². The lowest BCUT2D eigenvalue weighted by Gasteiger charge is -2.25. The van der Waals surface area contributed by atoms with E-state index in [1.54, 1.807) is 0 Å². The van der Waals surface area contributed by atoms with Gasteiger partial charge in [0, 0.05) is 6.42 Å². The van der Waals surface area contributed by atoms with Crippen LogP contribution in [0, 0.1) is 0 Å². The minimum absolute atomic E-state index is 0.00771. The number of nitrogens with two attached hydrogens (primary N) is 3. The van der Waals surface area contributed by atoms with Crippen molar-refractivity contribution in [1.29, 1.82) is 0 Å². The average molecular weight is 511 g/mol. The summed E-state index contributed by atoms with van der Waals surface area (Å²) in [6.07, 6.45) is 0.318. The van der Waals surface area contributed by atoms with Gasteiger partial charge in [0.05, 0.1) is 13.0 Å². The van der Waals surface area contributed by atoms with Gasteiger partial charge in [-0.3, -0.25) is 19.2 Å². The highest BCUT2D eigenvalue weighted by molar-refractivity contribution is 5.95. The van der Waals surface area contributed by atoms with Gasteiger partial charge in [-0.25, -0.2) is 4.79 Å². The van der Waals surface area contributed by atoms with E-state index in [1.165, 1.54) is 24.3 Å². The first-order valence-corrected chi connectivity index (χ1v) is 11.2. The van der Waals surface area contributed by atoms with Gasteiger partial charge in [0.2, 0.25) is 23.6 Å². The lowest BCUT2D eigenvalue weighted by atomic mass is 10.0. The van der Waals surface area contributed by atoms with Crippen LogP contribution in [-0.4, -0.2) is 82.2 Å². The van der Waals surface area contributed by atoms with Crippen molar-refractivity contribution >= 4 is 29.6 Å². The molecule has 4 amide bonds. The van der Waals surface area contributed by atoms with Gasteiger partial charge < -0.3 is 48.5 Å². The molecule has 1 aromatic rings. The molecule has 12 N–H and O–H groups in total. The molecule has 0 saturated heterocycles. The zero-order valence-electron chi connectivity index (χ0n) is 19.7. The molecule has 4 atom stereocenters. The number of carboxylic acid groups (broad SMARTS) is 1. The lowest BCUT2D eigenvalue weighted by Crippen LogP contribution is -2.58. The second kappa shape index (κ2) is 15.3. The largest absolute Gasteiger partial charge is 0.508 e. The van der Waals surface area contributed by atoms with Crippen molar-refractivity contribution < 1.29 is 39.3 Å². The standard InChI is InChI=1S/C22H34N6O8/c23-8-2-1-3-15(20(33)28-17(22(35)36)10-18(25)31)26-21(34)16(27-19(32)14(24)11-29)9-12-4-6-13(30)7-5-12/h4-7,14-17,29-30H,1-3,8-11,23-24H2,(H2,25,31)(H,26,34)(H,27,32)(H,28,33)(H,35,36). The van der Waals surface area contributed by atoms with E-state index >= 15 is 0 Å². The van der Waals surface area contributed by atoms with E-state index in [-0.39, 0.29) is 18.6 Å². The quantitative estimate of drug-likeness (QED) is 0.101. The van der Waals surface area contributed by atoms with Gasteiger partial charge >= 0.3 is 5.97 Å². The molecule has 0 bridgehead atoms. The van der Waals surface area contributed by atoms with Crippen LogP contribution in [0.25, 0.3) is 0 Å². The summed E-state index contributed by atoms with van der Waals surface area (Å²) in [6, 6.07) is 0.488. The van der Waals surface area contributed by atoms with Crippen LogP contribution in [0.3, 0.4) is 0 Å². The molecule has 0 heterocycles. The Labute approximate surface area is 207 Å². The summed E-state index contributed by atoms with van der Waals surface area (Å²) >= 11 is 0. The fourth-order valence-electron chi connectivity index (χ4n) is 3.15. The van der Waals surface area contributed by atoms with Crippen LogP contribution >= 0.6 is 0 Å². The molecule has 1 aromatic carbocycles. The maximum Gasteiger partial charge on any atom is 0.326 e. The number of aromatic hydroxyl groups is 1. The fraction of sp³-hybridized carbons (Fsp3) is 0.500. The monoisotopic (exact) mass is 510 g/mol. The SMILES string of the molecule is NCCCCC(NC(=O)C(Cc1ccc(O)cc1)NC(=O)C(N)CO)C(=O)NC(CC(N)=O)C(=O)O. The van der Waals surface area contributed by atoms with Gasteiger partial charge in [0.1, 0.15) is 29.9 Å². The van der Waals surface area contributed by atoms with Crippen LogP contribution in [0.4, 0.5) is 0 Å². The number of rotatable bonds is 16. The number of aliphatic carboxylic acids is 1.